The minimum Gasteiger partial charge on any atom is -0.463 e. The summed E-state index contributed by atoms with van der Waals surface area (Å²) < 4.78 is 105. The lowest BCUT2D eigenvalue weighted by Crippen LogP contribution is -2.76. The molecule has 3 aromatic rings. The number of aromatic nitrogens is 5. The number of rotatable bonds is 9. The monoisotopic (exact) mass is 546 g/mol. The summed E-state index contributed by atoms with van der Waals surface area (Å²) in [5, 5.41) is 21.6. The molecule has 2 bridgehead atoms. The Morgan fingerprint density at radius 2 is 1.79 bits per heavy atom. The normalized spacial score (nSPS) is 25.2. The van der Waals surface area contributed by atoms with Crippen LogP contribution in [-0.2, 0) is 17.6 Å². The topological polar surface area (TPSA) is 112 Å². The molecule has 0 radical (unpaired) electrons. The van der Waals surface area contributed by atoms with E-state index in [-0.39, 0.29) is 25.1 Å². The standard InChI is InChI=1S/C23H21F7N6O2/c24-14-2-3-15(16(25)5-14)21(37,11-36-12-33-34-35-36)23(29,30)20-8-19(9-20,10-20)13-1-4-18(32-7-13)38-17(6-31)22(26,27)28/h1-5,7,12,17,37H,6,8-11,31H2/t17?,19?,20?,21-/m1/s1. The van der Waals surface area contributed by atoms with Gasteiger partial charge in [0.2, 0.25) is 12.0 Å². The molecular weight excluding hydrogens is 525 g/mol. The summed E-state index contributed by atoms with van der Waals surface area (Å²) in [6, 6.07) is 4.59. The molecule has 3 fully saturated rings. The second kappa shape index (κ2) is 8.59. The Kier molecular flexibility index (Phi) is 5.94. The van der Waals surface area contributed by atoms with Gasteiger partial charge in [-0.2, -0.15) is 13.2 Å². The SMILES string of the molecule is NCC(Oc1ccc(C23CC(C(F)(F)[C@@](O)(Cn4cnnn4)c4ccc(F)cc4F)(C2)C3)cn1)C(F)(F)F. The number of tetrazole rings is 1. The Labute approximate surface area is 210 Å². The average molecular weight is 546 g/mol. The predicted molar refractivity (Wildman–Crippen MR) is 115 cm³/mol. The molecule has 3 saturated carbocycles. The quantitative estimate of drug-likeness (QED) is 0.397. The van der Waals surface area contributed by atoms with Crippen molar-refractivity contribution in [3.63, 3.8) is 0 Å². The van der Waals surface area contributed by atoms with Gasteiger partial charge in [0.1, 0.15) is 18.0 Å². The number of hydrogen-bond donors (Lipinski definition) is 2. The van der Waals surface area contributed by atoms with Crippen LogP contribution in [0.1, 0.15) is 30.4 Å². The second-order valence-electron chi connectivity index (χ2n) is 9.93. The average Bonchev–Trinajstić information content (AvgIpc) is 3.28. The summed E-state index contributed by atoms with van der Waals surface area (Å²) >= 11 is 0. The van der Waals surface area contributed by atoms with Gasteiger partial charge >= 0.3 is 6.18 Å². The van der Waals surface area contributed by atoms with Crippen LogP contribution in [0.3, 0.4) is 0 Å². The van der Waals surface area contributed by atoms with Crippen LogP contribution in [0.15, 0.2) is 42.9 Å². The first kappa shape index (κ1) is 26.3. The number of nitrogens with two attached hydrogens (primary N) is 1. The Morgan fingerprint density at radius 1 is 1.08 bits per heavy atom. The van der Waals surface area contributed by atoms with E-state index in [0.717, 1.165) is 23.1 Å². The molecule has 15 heteroatoms. The molecule has 0 amide bonds. The van der Waals surface area contributed by atoms with Gasteiger partial charge in [-0.25, -0.2) is 27.2 Å². The number of benzene rings is 1. The van der Waals surface area contributed by atoms with E-state index in [9.17, 15) is 27.1 Å². The van der Waals surface area contributed by atoms with Gasteiger partial charge in [0.05, 0.1) is 6.54 Å². The van der Waals surface area contributed by atoms with Crippen molar-refractivity contribution in [3.05, 3.63) is 65.6 Å². The molecule has 3 aliphatic rings. The van der Waals surface area contributed by atoms with Crippen LogP contribution in [-0.4, -0.2) is 55.0 Å². The highest BCUT2D eigenvalue weighted by Crippen LogP contribution is 2.80. The van der Waals surface area contributed by atoms with Gasteiger partial charge in [-0.05, 0) is 52.8 Å². The van der Waals surface area contributed by atoms with Crippen LogP contribution in [0.2, 0.25) is 0 Å². The third kappa shape index (κ3) is 3.90. The van der Waals surface area contributed by atoms with Gasteiger partial charge in [0.15, 0.2) is 5.60 Å². The van der Waals surface area contributed by atoms with Gasteiger partial charge in [-0.15, -0.1) is 5.10 Å². The summed E-state index contributed by atoms with van der Waals surface area (Å²) in [7, 11) is 0. The van der Waals surface area contributed by atoms with Gasteiger partial charge in [-0.1, -0.05) is 6.07 Å². The lowest BCUT2D eigenvalue weighted by Gasteiger charge is -2.74. The zero-order valence-corrected chi connectivity index (χ0v) is 19.5. The summed E-state index contributed by atoms with van der Waals surface area (Å²) in [5.74, 6) is -6.59. The summed E-state index contributed by atoms with van der Waals surface area (Å²) in [5.41, 5.74) is -0.783. The third-order valence-electron chi connectivity index (χ3n) is 7.57. The predicted octanol–water partition coefficient (Wildman–Crippen LogP) is 3.26. The number of halogens is 7. The maximum atomic E-state index is 16.2. The van der Waals surface area contributed by atoms with Crippen LogP contribution < -0.4 is 10.5 Å². The minimum absolute atomic E-state index is 0.108. The van der Waals surface area contributed by atoms with Gasteiger partial charge in [-0.3, -0.25) is 0 Å². The van der Waals surface area contributed by atoms with E-state index in [0.29, 0.717) is 11.6 Å². The van der Waals surface area contributed by atoms with E-state index in [1.807, 2.05) is 0 Å². The number of hydrogen-bond acceptors (Lipinski definition) is 7. The van der Waals surface area contributed by atoms with E-state index < -0.39 is 64.9 Å². The van der Waals surface area contributed by atoms with E-state index in [1.54, 1.807) is 0 Å². The smallest absolute Gasteiger partial charge is 0.426 e. The molecule has 0 saturated heterocycles. The van der Waals surface area contributed by atoms with Crippen molar-refractivity contribution in [2.75, 3.05) is 6.54 Å². The maximum Gasteiger partial charge on any atom is 0.426 e. The molecule has 2 aromatic heterocycles. The molecule has 3 N–H and O–H groups in total. The van der Waals surface area contributed by atoms with Crippen molar-refractivity contribution in [1.82, 2.24) is 25.2 Å². The largest absolute Gasteiger partial charge is 0.463 e. The van der Waals surface area contributed by atoms with Crippen LogP contribution >= 0.6 is 0 Å². The first-order chi connectivity index (χ1) is 17.8. The zero-order chi connectivity index (χ0) is 27.6. The Morgan fingerprint density at radius 3 is 2.32 bits per heavy atom. The molecule has 0 aliphatic heterocycles. The molecule has 8 nitrogen and oxygen atoms in total. The van der Waals surface area contributed by atoms with Crippen molar-refractivity contribution in [2.24, 2.45) is 11.1 Å². The third-order valence-corrected chi connectivity index (χ3v) is 7.57. The Bertz CT molecular complexity index is 1300. The zero-order valence-electron chi connectivity index (χ0n) is 19.5. The number of nitrogens with zero attached hydrogens (tertiary/aromatic N) is 5. The lowest BCUT2D eigenvalue weighted by atomic mass is 9.30. The highest BCUT2D eigenvalue weighted by atomic mass is 19.4. The number of ether oxygens (including phenoxy) is 1. The molecule has 0 spiro atoms. The van der Waals surface area contributed by atoms with Crippen molar-refractivity contribution < 1.29 is 40.6 Å². The van der Waals surface area contributed by atoms with Crippen molar-refractivity contribution in [3.8, 4) is 5.88 Å². The van der Waals surface area contributed by atoms with E-state index in [1.165, 1.54) is 18.3 Å². The molecule has 2 atom stereocenters. The van der Waals surface area contributed by atoms with Crippen molar-refractivity contribution in [2.45, 2.75) is 55.0 Å². The van der Waals surface area contributed by atoms with Crippen LogP contribution in [0.5, 0.6) is 5.88 Å². The summed E-state index contributed by atoms with van der Waals surface area (Å²) in [4.78, 5) is 3.88. The van der Waals surface area contributed by atoms with E-state index in [2.05, 4.69) is 20.5 Å². The van der Waals surface area contributed by atoms with Gasteiger partial charge in [0, 0.05) is 35.9 Å². The molecule has 1 aromatic carbocycles. The van der Waals surface area contributed by atoms with Crippen molar-refractivity contribution >= 4 is 0 Å². The number of alkyl halides is 5. The van der Waals surface area contributed by atoms with Crippen molar-refractivity contribution in [1.29, 1.82) is 0 Å². The molecule has 204 valence electrons. The van der Waals surface area contributed by atoms with Crippen LogP contribution in [0, 0.1) is 17.0 Å². The fraction of sp³-hybridized carbons (Fsp3) is 0.478. The second-order valence-corrected chi connectivity index (χ2v) is 9.93. The number of pyridine rings is 1. The summed E-state index contributed by atoms with van der Waals surface area (Å²) in [6.07, 6.45) is -5.02. The van der Waals surface area contributed by atoms with Crippen LogP contribution in [0.4, 0.5) is 30.7 Å². The van der Waals surface area contributed by atoms with E-state index in [4.69, 9.17) is 10.5 Å². The van der Waals surface area contributed by atoms with E-state index >= 15 is 8.78 Å². The minimum atomic E-state index is -4.69. The number of aliphatic hydroxyl groups is 1. The van der Waals surface area contributed by atoms with Gasteiger partial charge in [0.25, 0.3) is 5.92 Å². The molecule has 38 heavy (non-hydrogen) atoms. The Hall–Kier alpha value is -3.33. The first-order valence-corrected chi connectivity index (χ1v) is 11.4. The van der Waals surface area contributed by atoms with Crippen LogP contribution in [0.25, 0.3) is 0 Å². The molecule has 1 unspecified atom stereocenters. The molecular formula is C23H21F7N6O2. The highest BCUT2D eigenvalue weighted by molar-refractivity contribution is 5.42. The first-order valence-electron chi connectivity index (χ1n) is 11.4. The molecule has 3 aliphatic carbocycles. The van der Waals surface area contributed by atoms with Gasteiger partial charge < -0.3 is 15.6 Å². The fourth-order valence-corrected chi connectivity index (χ4v) is 5.69. The molecule has 2 heterocycles. The lowest BCUT2D eigenvalue weighted by molar-refractivity contribution is -0.347. The highest BCUT2D eigenvalue weighted by Gasteiger charge is 2.82. The maximum absolute atomic E-state index is 16.2. The Balaban J connectivity index is 1.38. The fourth-order valence-electron chi connectivity index (χ4n) is 5.69. The molecule has 6 rings (SSSR count). The summed E-state index contributed by atoms with van der Waals surface area (Å²) in [6.45, 7) is -1.71.